The third-order valence-corrected chi connectivity index (χ3v) is 4.84. The molecular formula is C19H22N6O2. The molecule has 27 heavy (non-hydrogen) atoms. The fourth-order valence-electron chi connectivity index (χ4n) is 3.31. The van der Waals surface area contributed by atoms with E-state index < -0.39 is 0 Å². The van der Waals surface area contributed by atoms with Crippen molar-refractivity contribution in [2.24, 2.45) is 0 Å². The molecule has 1 saturated carbocycles. The molecule has 0 unspecified atom stereocenters. The van der Waals surface area contributed by atoms with E-state index in [4.69, 9.17) is 0 Å². The molecule has 1 aliphatic rings. The van der Waals surface area contributed by atoms with Gasteiger partial charge in [-0.05, 0) is 43.4 Å². The Bertz CT molecular complexity index is 918. The van der Waals surface area contributed by atoms with Crippen LogP contribution in [0, 0.1) is 0 Å². The molecule has 0 atom stereocenters. The number of aromatic nitrogens is 4. The highest BCUT2D eigenvalue weighted by Gasteiger charge is 2.23. The maximum atomic E-state index is 12.7. The van der Waals surface area contributed by atoms with Gasteiger partial charge in [0.1, 0.15) is 11.4 Å². The normalized spacial score (nSPS) is 19.7. The molecule has 3 aromatic rings. The number of pyridine rings is 1. The molecule has 3 aromatic heterocycles. The average molecular weight is 366 g/mol. The largest absolute Gasteiger partial charge is 0.393 e. The summed E-state index contributed by atoms with van der Waals surface area (Å²) in [6.07, 6.45) is 9.63. The van der Waals surface area contributed by atoms with Gasteiger partial charge in [0, 0.05) is 31.2 Å². The van der Waals surface area contributed by atoms with E-state index in [1.165, 1.54) is 0 Å². The Morgan fingerprint density at radius 2 is 2.07 bits per heavy atom. The molecule has 1 fully saturated rings. The van der Waals surface area contributed by atoms with Crippen molar-refractivity contribution in [1.82, 2.24) is 24.9 Å². The van der Waals surface area contributed by atoms with Crippen LogP contribution in [-0.4, -0.2) is 42.7 Å². The number of fused-ring (bicyclic) bond motifs is 1. The summed E-state index contributed by atoms with van der Waals surface area (Å²) in [7, 11) is 0. The van der Waals surface area contributed by atoms with Crippen LogP contribution in [-0.2, 0) is 6.54 Å². The van der Waals surface area contributed by atoms with E-state index in [1.807, 2.05) is 18.2 Å². The number of anilines is 1. The molecule has 0 bridgehead atoms. The topological polar surface area (TPSA) is 104 Å². The lowest BCUT2D eigenvalue weighted by atomic mass is 9.93. The Hall–Kier alpha value is -3.00. The van der Waals surface area contributed by atoms with Gasteiger partial charge in [-0.15, -0.1) is 0 Å². The fourth-order valence-corrected chi connectivity index (χ4v) is 3.31. The second kappa shape index (κ2) is 7.71. The maximum absolute atomic E-state index is 12.7. The molecule has 1 aliphatic carbocycles. The third kappa shape index (κ3) is 4.06. The second-order valence-electron chi connectivity index (χ2n) is 6.83. The highest BCUT2D eigenvalue weighted by molar-refractivity contribution is 5.99. The number of carbonyl (C=O) groups is 1. The minimum absolute atomic E-state index is 0.0859. The predicted molar refractivity (Wildman–Crippen MR) is 100 cm³/mol. The highest BCUT2D eigenvalue weighted by Crippen LogP contribution is 2.19. The van der Waals surface area contributed by atoms with Gasteiger partial charge in [0.2, 0.25) is 0 Å². The van der Waals surface area contributed by atoms with E-state index in [1.54, 1.807) is 29.3 Å². The summed E-state index contributed by atoms with van der Waals surface area (Å²) in [5, 5.41) is 20.1. The fraction of sp³-hybridized carbons (Fsp3) is 0.368. The van der Waals surface area contributed by atoms with Crippen molar-refractivity contribution in [3.63, 3.8) is 0 Å². The first-order valence-corrected chi connectivity index (χ1v) is 9.15. The van der Waals surface area contributed by atoms with Crippen molar-refractivity contribution < 1.29 is 9.90 Å². The monoisotopic (exact) mass is 366 g/mol. The Morgan fingerprint density at radius 3 is 2.85 bits per heavy atom. The quantitative estimate of drug-likeness (QED) is 0.636. The van der Waals surface area contributed by atoms with Crippen LogP contribution >= 0.6 is 0 Å². The summed E-state index contributed by atoms with van der Waals surface area (Å²) < 4.78 is 1.59. The summed E-state index contributed by atoms with van der Waals surface area (Å²) in [6.45, 7) is 0.594. The lowest BCUT2D eigenvalue weighted by molar-refractivity contribution is 0.0869. The van der Waals surface area contributed by atoms with Crippen LogP contribution in [0.25, 0.3) is 5.65 Å². The zero-order valence-electron chi connectivity index (χ0n) is 14.9. The van der Waals surface area contributed by atoms with Gasteiger partial charge in [-0.2, -0.15) is 5.10 Å². The number of amides is 1. The summed E-state index contributed by atoms with van der Waals surface area (Å²) >= 11 is 0. The minimum Gasteiger partial charge on any atom is -0.393 e. The van der Waals surface area contributed by atoms with E-state index >= 15 is 0 Å². The molecule has 3 N–H and O–H groups in total. The van der Waals surface area contributed by atoms with Crippen LogP contribution in [0.5, 0.6) is 0 Å². The number of nitrogens with one attached hydrogen (secondary N) is 2. The first-order chi connectivity index (χ1) is 13.2. The molecule has 140 valence electrons. The molecule has 0 spiro atoms. The summed E-state index contributed by atoms with van der Waals surface area (Å²) in [5.74, 6) is 0.491. The van der Waals surface area contributed by atoms with Crippen LogP contribution in [0.4, 0.5) is 5.82 Å². The molecule has 1 amide bonds. The molecule has 4 rings (SSSR count). The van der Waals surface area contributed by atoms with Gasteiger partial charge in [0.25, 0.3) is 5.91 Å². The van der Waals surface area contributed by atoms with Gasteiger partial charge in [0.15, 0.2) is 5.65 Å². The first kappa shape index (κ1) is 17.4. The summed E-state index contributed by atoms with van der Waals surface area (Å²) in [4.78, 5) is 21.3. The highest BCUT2D eigenvalue weighted by atomic mass is 16.3. The van der Waals surface area contributed by atoms with Crippen LogP contribution in [0.1, 0.15) is 41.6 Å². The third-order valence-electron chi connectivity index (χ3n) is 4.84. The number of aliphatic hydroxyl groups is 1. The number of hydrogen-bond donors (Lipinski definition) is 3. The van der Waals surface area contributed by atoms with Crippen LogP contribution in [0.3, 0.4) is 0 Å². The Kier molecular flexibility index (Phi) is 4.97. The smallest absolute Gasteiger partial charge is 0.256 e. The zero-order valence-corrected chi connectivity index (χ0v) is 14.9. The maximum Gasteiger partial charge on any atom is 0.256 e. The Morgan fingerprint density at radius 1 is 1.22 bits per heavy atom. The van der Waals surface area contributed by atoms with Crippen molar-refractivity contribution >= 4 is 17.4 Å². The van der Waals surface area contributed by atoms with Crippen LogP contribution in [0.2, 0.25) is 0 Å². The van der Waals surface area contributed by atoms with Crippen LogP contribution < -0.4 is 10.6 Å². The van der Waals surface area contributed by atoms with Gasteiger partial charge in [-0.1, -0.05) is 6.07 Å². The molecule has 0 aliphatic heterocycles. The van der Waals surface area contributed by atoms with E-state index in [9.17, 15) is 9.90 Å². The van der Waals surface area contributed by atoms with Crippen molar-refractivity contribution in [2.45, 2.75) is 44.4 Å². The van der Waals surface area contributed by atoms with Gasteiger partial charge in [-0.3, -0.25) is 9.78 Å². The van der Waals surface area contributed by atoms with E-state index in [2.05, 4.69) is 25.7 Å². The standard InChI is InChI=1S/C19H22N6O2/c26-15-5-3-14(4-6-15)23-19(27)16-12-22-25-9-7-17(24-18(16)25)21-11-13-2-1-8-20-10-13/h1-2,7-10,12,14-15,26H,3-6,11H2,(H,21,24)(H,23,27)/t14-,15-. The summed E-state index contributed by atoms with van der Waals surface area (Å²) in [5.41, 5.74) is 2.01. The molecule has 0 saturated heterocycles. The second-order valence-corrected chi connectivity index (χ2v) is 6.83. The average Bonchev–Trinajstić information content (AvgIpc) is 3.12. The Balaban J connectivity index is 1.47. The molecule has 8 nitrogen and oxygen atoms in total. The van der Waals surface area contributed by atoms with E-state index in [0.717, 1.165) is 31.2 Å². The number of hydrogen-bond acceptors (Lipinski definition) is 6. The lowest BCUT2D eigenvalue weighted by Crippen LogP contribution is -2.38. The zero-order chi connectivity index (χ0) is 18.6. The van der Waals surface area contributed by atoms with Crippen molar-refractivity contribution in [3.8, 4) is 0 Å². The molecule has 3 heterocycles. The first-order valence-electron chi connectivity index (χ1n) is 9.15. The minimum atomic E-state index is -0.245. The molecule has 0 radical (unpaired) electrons. The van der Waals surface area contributed by atoms with Gasteiger partial charge in [0.05, 0.1) is 12.3 Å². The summed E-state index contributed by atoms with van der Waals surface area (Å²) in [6, 6.07) is 5.78. The van der Waals surface area contributed by atoms with Gasteiger partial charge in [-0.25, -0.2) is 9.50 Å². The number of nitrogens with zero attached hydrogens (tertiary/aromatic N) is 4. The van der Waals surface area contributed by atoms with Crippen molar-refractivity contribution in [3.05, 3.63) is 54.1 Å². The Labute approximate surface area is 156 Å². The van der Waals surface area contributed by atoms with E-state index in [0.29, 0.717) is 23.6 Å². The van der Waals surface area contributed by atoms with Gasteiger partial charge < -0.3 is 15.7 Å². The van der Waals surface area contributed by atoms with E-state index in [-0.39, 0.29) is 18.1 Å². The SMILES string of the molecule is O=C(N[C@H]1CC[C@H](O)CC1)c1cnn2ccc(NCc3cccnc3)nc12. The number of carbonyl (C=O) groups excluding carboxylic acids is 1. The number of rotatable bonds is 5. The molecular weight excluding hydrogens is 344 g/mol. The van der Waals surface area contributed by atoms with Crippen molar-refractivity contribution in [1.29, 1.82) is 0 Å². The predicted octanol–water partition coefficient (Wildman–Crippen LogP) is 1.77. The van der Waals surface area contributed by atoms with Gasteiger partial charge >= 0.3 is 0 Å². The number of aliphatic hydroxyl groups excluding tert-OH is 1. The molecule has 0 aromatic carbocycles. The van der Waals surface area contributed by atoms with Crippen molar-refractivity contribution in [2.75, 3.05) is 5.32 Å². The van der Waals surface area contributed by atoms with Crippen LogP contribution in [0.15, 0.2) is 43.0 Å². The lowest BCUT2D eigenvalue weighted by Gasteiger charge is -2.25. The molecule has 8 heteroatoms.